The van der Waals surface area contributed by atoms with E-state index < -0.39 is 12.1 Å². The van der Waals surface area contributed by atoms with Crippen LogP contribution in [0.15, 0.2) is 11.6 Å². The van der Waals surface area contributed by atoms with Crippen LogP contribution in [0.4, 0.5) is 13.2 Å². The van der Waals surface area contributed by atoms with Gasteiger partial charge >= 0.3 is 12.1 Å². The summed E-state index contributed by atoms with van der Waals surface area (Å²) in [7, 11) is 1.78. The molecule has 0 radical (unpaired) electrons. The molecule has 0 spiro atoms. The Kier molecular flexibility index (Phi) is 6.55. The van der Waals surface area contributed by atoms with Gasteiger partial charge in [0.1, 0.15) is 11.1 Å². The number of carbonyl (C=O) groups is 1. The fourth-order valence-corrected chi connectivity index (χ4v) is 3.54. The number of alkyl halides is 3. The topological polar surface area (TPSA) is 71.9 Å². The number of fused-ring (bicyclic) bond motifs is 1. The van der Waals surface area contributed by atoms with Crippen LogP contribution in [0.25, 0.3) is 0 Å². The maximum Gasteiger partial charge on any atom is 0.490 e. The van der Waals surface area contributed by atoms with E-state index in [0.717, 1.165) is 26.1 Å². The molecule has 0 unspecified atom stereocenters. The van der Waals surface area contributed by atoms with E-state index in [1.165, 1.54) is 11.4 Å². The van der Waals surface area contributed by atoms with Crippen molar-refractivity contribution in [2.75, 3.05) is 20.3 Å². The Morgan fingerprint density at radius 2 is 2.29 bits per heavy atom. The molecule has 2 aliphatic heterocycles. The molecule has 0 aromatic carbocycles. The van der Waals surface area contributed by atoms with Gasteiger partial charge in [0.25, 0.3) is 0 Å². The molecule has 1 aromatic rings. The number of methoxy groups -OCH3 is 1. The minimum Gasteiger partial charge on any atom is -0.475 e. The summed E-state index contributed by atoms with van der Waals surface area (Å²) in [4.78, 5) is 15.7. The lowest BCUT2D eigenvalue weighted by Crippen LogP contribution is -2.41. The molecule has 2 fully saturated rings. The number of rotatable bonds is 3. The number of aromatic nitrogens is 1. The smallest absolute Gasteiger partial charge is 0.475 e. The van der Waals surface area contributed by atoms with Crippen LogP contribution in [0.1, 0.15) is 17.8 Å². The van der Waals surface area contributed by atoms with Gasteiger partial charge in [-0.15, -0.1) is 11.3 Å². The molecule has 0 saturated carbocycles. The Hall–Kier alpha value is -1.23. The molecule has 6 nitrogen and oxygen atoms in total. The highest BCUT2D eigenvalue weighted by Gasteiger charge is 2.44. The van der Waals surface area contributed by atoms with Crippen LogP contribution in [-0.2, 0) is 20.8 Å². The van der Waals surface area contributed by atoms with Gasteiger partial charge < -0.3 is 14.6 Å². The first-order valence-corrected chi connectivity index (χ1v) is 8.27. The number of aliphatic carboxylic acids is 1. The molecule has 3 rings (SSSR count). The Balaban J connectivity index is 0.000000256. The third kappa shape index (κ3) is 4.88. The van der Waals surface area contributed by atoms with Gasteiger partial charge in [-0.1, -0.05) is 0 Å². The van der Waals surface area contributed by atoms with Gasteiger partial charge in [0, 0.05) is 37.9 Å². The van der Waals surface area contributed by atoms with Crippen LogP contribution in [0.3, 0.4) is 0 Å². The van der Waals surface area contributed by atoms with Crippen molar-refractivity contribution in [2.24, 2.45) is 0 Å². The van der Waals surface area contributed by atoms with Gasteiger partial charge in [0.2, 0.25) is 0 Å². The van der Waals surface area contributed by atoms with Gasteiger partial charge in [-0.25, -0.2) is 9.78 Å². The standard InChI is InChI=1S/C12H18N2O2S.C2HF3O2/c1-15-10-7-14(8-11-13-4-6-17-11)9-3-2-5-16-12(9)10;3-2(4,5)1(6)7/h4,6,9-10,12H,2-3,5,7-8H2,1H3;(H,6,7)/t9-,10+,12+;/m1./s1. The van der Waals surface area contributed by atoms with E-state index in [0.29, 0.717) is 6.04 Å². The van der Waals surface area contributed by atoms with Crippen molar-refractivity contribution in [1.29, 1.82) is 0 Å². The molecule has 3 atom stereocenters. The molecule has 2 aliphatic rings. The second kappa shape index (κ2) is 8.24. The first-order valence-electron chi connectivity index (χ1n) is 7.40. The van der Waals surface area contributed by atoms with Crippen LogP contribution in [0.5, 0.6) is 0 Å². The summed E-state index contributed by atoms with van der Waals surface area (Å²) in [5.74, 6) is -2.76. The van der Waals surface area contributed by atoms with E-state index in [2.05, 4.69) is 9.88 Å². The molecule has 24 heavy (non-hydrogen) atoms. The van der Waals surface area contributed by atoms with Crippen LogP contribution < -0.4 is 0 Å². The van der Waals surface area contributed by atoms with Crippen molar-refractivity contribution in [1.82, 2.24) is 9.88 Å². The highest BCUT2D eigenvalue weighted by Crippen LogP contribution is 2.31. The first kappa shape index (κ1) is 19.1. The third-order valence-corrected chi connectivity index (χ3v) is 4.72. The number of nitrogens with zero attached hydrogens (tertiary/aromatic N) is 2. The van der Waals surface area contributed by atoms with Crippen LogP contribution in [0.2, 0.25) is 0 Å². The first-order chi connectivity index (χ1) is 11.3. The molecule has 0 bridgehead atoms. The number of carboxylic acid groups (broad SMARTS) is 1. The van der Waals surface area contributed by atoms with Crippen molar-refractivity contribution in [2.45, 2.75) is 43.8 Å². The highest BCUT2D eigenvalue weighted by atomic mass is 32.1. The zero-order chi connectivity index (χ0) is 17.7. The molecule has 2 saturated heterocycles. The zero-order valence-corrected chi connectivity index (χ0v) is 13.8. The summed E-state index contributed by atoms with van der Waals surface area (Å²) in [6.07, 6.45) is -0.352. The van der Waals surface area contributed by atoms with Gasteiger partial charge in [-0.2, -0.15) is 13.2 Å². The quantitative estimate of drug-likeness (QED) is 0.882. The normalized spacial score (nSPS) is 27.2. The van der Waals surface area contributed by atoms with E-state index in [-0.39, 0.29) is 12.2 Å². The Morgan fingerprint density at radius 1 is 1.58 bits per heavy atom. The van der Waals surface area contributed by atoms with Crippen molar-refractivity contribution in [3.63, 3.8) is 0 Å². The number of likely N-dealkylation sites (tertiary alicyclic amines) is 1. The zero-order valence-electron chi connectivity index (χ0n) is 13.0. The summed E-state index contributed by atoms with van der Waals surface area (Å²) < 4.78 is 43.2. The summed E-state index contributed by atoms with van der Waals surface area (Å²) in [5.41, 5.74) is 0. The summed E-state index contributed by atoms with van der Waals surface area (Å²) >= 11 is 1.72. The van der Waals surface area contributed by atoms with E-state index in [9.17, 15) is 13.2 Å². The molecule has 3 heterocycles. The fourth-order valence-electron chi connectivity index (χ4n) is 2.90. The van der Waals surface area contributed by atoms with Crippen molar-refractivity contribution >= 4 is 17.3 Å². The summed E-state index contributed by atoms with van der Waals surface area (Å²) in [6.45, 7) is 2.78. The van der Waals surface area contributed by atoms with Gasteiger partial charge in [0.05, 0.1) is 12.6 Å². The third-order valence-electron chi connectivity index (χ3n) is 3.95. The molecule has 0 amide bonds. The SMILES string of the molecule is CO[C@H]1CN(Cc2nccs2)[C@@H]2CCCO[C@H]12.O=C(O)C(F)(F)F. The maximum atomic E-state index is 10.6. The largest absolute Gasteiger partial charge is 0.490 e. The molecule has 1 aromatic heterocycles. The number of hydrogen-bond acceptors (Lipinski definition) is 6. The minimum absolute atomic E-state index is 0.222. The second-order valence-electron chi connectivity index (χ2n) is 5.48. The minimum atomic E-state index is -5.08. The van der Waals surface area contributed by atoms with Gasteiger partial charge in [-0.3, -0.25) is 4.90 Å². The second-order valence-corrected chi connectivity index (χ2v) is 6.46. The van der Waals surface area contributed by atoms with E-state index >= 15 is 0 Å². The number of hydrogen-bond donors (Lipinski definition) is 1. The highest BCUT2D eigenvalue weighted by molar-refractivity contribution is 7.09. The Labute approximate surface area is 141 Å². The van der Waals surface area contributed by atoms with Gasteiger partial charge in [0.15, 0.2) is 0 Å². The van der Waals surface area contributed by atoms with Crippen LogP contribution >= 0.6 is 11.3 Å². The molecule has 0 aliphatic carbocycles. The number of carboxylic acids is 1. The lowest BCUT2D eigenvalue weighted by atomic mass is 10.0. The van der Waals surface area contributed by atoms with Crippen LogP contribution in [-0.4, -0.2) is 65.6 Å². The molecule has 10 heteroatoms. The van der Waals surface area contributed by atoms with Gasteiger partial charge in [-0.05, 0) is 12.8 Å². The summed E-state index contributed by atoms with van der Waals surface area (Å²) in [6, 6.07) is 0.512. The predicted molar refractivity (Wildman–Crippen MR) is 79.8 cm³/mol. The fraction of sp³-hybridized carbons (Fsp3) is 0.714. The van der Waals surface area contributed by atoms with Crippen molar-refractivity contribution < 1.29 is 32.5 Å². The Morgan fingerprint density at radius 3 is 2.83 bits per heavy atom. The average molecular weight is 368 g/mol. The number of thiazole rings is 1. The molecule has 1 N–H and O–H groups in total. The molecular formula is C14H19F3N2O4S. The Bertz CT molecular complexity index is 527. The molecule has 136 valence electrons. The monoisotopic (exact) mass is 368 g/mol. The van der Waals surface area contributed by atoms with Crippen molar-refractivity contribution in [3.05, 3.63) is 16.6 Å². The van der Waals surface area contributed by atoms with E-state index in [1.54, 1.807) is 18.4 Å². The maximum absolute atomic E-state index is 10.6. The van der Waals surface area contributed by atoms with Crippen LogP contribution in [0, 0.1) is 0 Å². The predicted octanol–water partition coefficient (Wildman–Crippen LogP) is 2.15. The summed E-state index contributed by atoms with van der Waals surface area (Å²) in [5, 5.41) is 10.3. The van der Waals surface area contributed by atoms with E-state index in [4.69, 9.17) is 19.4 Å². The van der Waals surface area contributed by atoms with E-state index in [1.807, 2.05) is 11.6 Å². The average Bonchev–Trinajstić information content (AvgIpc) is 3.16. The lowest BCUT2D eigenvalue weighted by Gasteiger charge is -2.31. The lowest BCUT2D eigenvalue weighted by molar-refractivity contribution is -0.192. The van der Waals surface area contributed by atoms with Crippen molar-refractivity contribution in [3.8, 4) is 0 Å². The molecular weight excluding hydrogens is 349 g/mol. The number of halogens is 3. The number of ether oxygens (including phenoxy) is 2.